The molecule has 3 aromatic rings. The summed E-state index contributed by atoms with van der Waals surface area (Å²) in [6.07, 6.45) is 5.25. The van der Waals surface area contributed by atoms with Crippen LogP contribution in [-0.2, 0) is 35.2 Å². The molecule has 2 amide bonds. The normalized spacial score (nSPS) is 17.8. The molecule has 0 bridgehead atoms. The van der Waals surface area contributed by atoms with Gasteiger partial charge in [-0.3, -0.25) is 9.59 Å². The van der Waals surface area contributed by atoms with Crippen LogP contribution in [0.25, 0.3) is 0 Å². The van der Waals surface area contributed by atoms with Gasteiger partial charge < -0.3 is 20.1 Å². The van der Waals surface area contributed by atoms with Gasteiger partial charge in [0.25, 0.3) is 11.8 Å². The highest BCUT2D eigenvalue weighted by Gasteiger charge is 2.31. The molecule has 2 aliphatic carbocycles. The predicted octanol–water partition coefficient (Wildman–Crippen LogP) is 6.98. The molecular weight excluding hydrogens is 581 g/mol. The van der Waals surface area contributed by atoms with E-state index in [2.05, 4.69) is 24.5 Å². The molecule has 2 unspecified atom stereocenters. The molecule has 0 spiro atoms. The molecule has 3 heterocycles. The van der Waals surface area contributed by atoms with Gasteiger partial charge in [-0.05, 0) is 87.5 Å². The van der Waals surface area contributed by atoms with Gasteiger partial charge in [-0.2, -0.15) is 0 Å². The fourth-order valence-electron chi connectivity index (χ4n) is 5.43. The van der Waals surface area contributed by atoms with Crippen molar-refractivity contribution < 1.29 is 28.7 Å². The summed E-state index contributed by atoms with van der Waals surface area (Å²) in [6.45, 7) is 8.39. The summed E-state index contributed by atoms with van der Waals surface area (Å²) in [6, 6.07) is 3.20. The second-order valence-corrected chi connectivity index (χ2v) is 13.9. The van der Waals surface area contributed by atoms with E-state index in [9.17, 15) is 19.2 Å². The third kappa shape index (κ3) is 6.12. The summed E-state index contributed by atoms with van der Waals surface area (Å²) in [5, 5.41) is 6.81. The van der Waals surface area contributed by atoms with Crippen molar-refractivity contribution in [3.8, 4) is 0 Å². The van der Waals surface area contributed by atoms with Gasteiger partial charge in [0.1, 0.15) is 10.0 Å². The van der Waals surface area contributed by atoms with Gasteiger partial charge >= 0.3 is 11.9 Å². The molecule has 0 fully saturated rings. The number of carbonyl (C=O) groups is 4. The second kappa shape index (κ2) is 12.5. The Labute approximate surface area is 251 Å². The van der Waals surface area contributed by atoms with Crippen molar-refractivity contribution >= 4 is 67.8 Å². The van der Waals surface area contributed by atoms with Gasteiger partial charge in [0.15, 0.2) is 0 Å². The van der Waals surface area contributed by atoms with Crippen molar-refractivity contribution in [2.24, 2.45) is 11.8 Å². The highest BCUT2D eigenvalue weighted by Crippen LogP contribution is 2.42. The van der Waals surface area contributed by atoms with Crippen molar-refractivity contribution in [2.45, 2.75) is 66.2 Å². The van der Waals surface area contributed by atoms with E-state index in [0.717, 1.165) is 70.7 Å². The van der Waals surface area contributed by atoms with Crippen LogP contribution in [-0.4, -0.2) is 37.0 Å². The van der Waals surface area contributed by atoms with Crippen molar-refractivity contribution in [1.29, 1.82) is 0 Å². The van der Waals surface area contributed by atoms with Gasteiger partial charge in [-0.25, -0.2) is 9.59 Å². The van der Waals surface area contributed by atoms with Gasteiger partial charge in [0.05, 0.1) is 34.1 Å². The van der Waals surface area contributed by atoms with Crippen molar-refractivity contribution in [3.63, 3.8) is 0 Å². The van der Waals surface area contributed by atoms with E-state index in [1.54, 1.807) is 26.0 Å². The number of anilines is 2. The Balaban J connectivity index is 1.35. The molecule has 2 aliphatic rings. The Morgan fingerprint density at radius 3 is 1.54 bits per heavy atom. The fraction of sp³-hybridized carbons (Fsp3) is 0.467. The average molecular weight is 615 g/mol. The summed E-state index contributed by atoms with van der Waals surface area (Å²) in [7, 11) is 0. The molecule has 5 rings (SSSR count). The van der Waals surface area contributed by atoms with Gasteiger partial charge in [-0.15, -0.1) is 34.0 Å². The maximum Gasteiger partial charge on any atom is 0.341 e. The maximum absolute atomic E-state index is 13.3. The number of rotatable bonds is 8. The molecule has 2 atom stereocenters. The Hall–Kier alpha value is -3.02. The first kappa shape index (κ1) is 29.5. The second-order valence-electron chi connectivity index (χ2n) is 10.6. The Morgan fingerprint density at radius 2 is 1.15 bits per heavy atom. The lowest BCUT2D eigenvalue weighted by Gasteiger charge is -2.18. The molecule has 218 valence electrons. The summed E-state index contributed by atoms with van der Waals surface area (Å²) in [5.74, 6) is -0.601. The van der Waals surface area contributed by atoms with Crippen LogP contribution >= 0.6 is 34.0 Å². The summed E-state index contributed by atoms with van der Waals surface area (Å²) in [5.41, 5.74) is 2.84. The average Bonchev–Trinajstić information content (AvgIpc) is 3.63. The van der Waals surface area contributed by atoms with Crippen molar-refractivity contribution in [2.75, 3.05) is 23.8 Å². The first-order valence-electron chi connectivity index (χ1n) is 14.1. The topological polar surface area (TPSA) is 111 Å². The smallest absolute Gasteiger partial charge is 0.341 e. The Morgan fingerprint density at radius 1 is 0.732 bits per heavy atom. The van der Waals surface area contributed by atoms with Crippen LogP contribution < -0.4 is 10.6 Å². The lowest BCUT2D eigenvalue weighted by atomic mass is 9.88. The van der Waals surface area contributed by atoms with E-state index >= 15 is 0 Å². The quantitative estimate of drug-likeness (QED) is 0.265. The lowest BCUT2D eigenvalue weighted by molar-refractivity contribution is 0.0516. The van der Waals surface area contributed by atoms with Gasteiger partial charge in [0.2, 0.25) is 0 Å². The minimum Gasteiger partial charge on any atom is -0.462 e. The molecule has 8 nitrogen and oxygen atoms in total. The molecule has 0 aromatic carbocycles. The third-order valence-electron chi connectivity index (χ3n) is 7.49. The predicted molar refractivity (Wildman–Crippen MR) is 163 cm³/mol. The van der Waals surface area contributed by atoms with E-state index in [1.807, 2.05) is 0 Å². The number of ether oxygens (including phenoxy) is 2. The molecule has 0 aliphatic heterocycles. The van der Waals surface area contributed by atoms with Crippen molar-refractivity contribution in [3.05, 3.63) is 53.9 Å². The zero-order chi connectivity index (χ0) is 29.3. The van der Waals surface area contributed by atoms with Crippen molar-refractivity contribution in [1.82, 2.24) is 0 Å². The molecule has 2 N–H and O–H groups in total. The van der Waals surface area contributed by atoms with E-state index < -0.39 is 11.9 Å². The number of thiophene rings is 3. The van der Waals surface area contributed by atoms with Crippen LogP contribution in [0.2, 0.25) is 0 Å². The summed E-state index contributed by atoms with van der Waals surface area (Å²) >= 11 is 3.92. The standard InChI is InChI=1S/C30H34N2O6S3/c1-5-37-29(35)23-17-9-7-15(3)13-21(17)40-27(23)31-25(33)19-11-12-20(39-19)26(34)32-28-24(30(36)38-6-2)18-10-8-16(4)14-22(18)41-28/h11-12,15-16H,5-10,13-14H2,1-4H3,(H,31,33)(H,32,34). The highest BCUT2D eigenvalue weighted by atomic mass is 32.1. The van der Waals surface area contributed by atoms with E-state index in [-0.39, 0.29) is 25.0 Å². The number of nitrogens with one attached hydrogen (secondary N) is 2. The molecule has 11 heteroatoms. The zero-order valence-electron chi connectivity index (χ0n) is 23.6. The van der Waals surface area contributed by atoms with E-state index in [1.165, 1.54) is 22.7 Å². The number of fused-ring (bicyclic) bond motifs is 2. The monoisotopic (exact) mass is 614 g/mol. The largest absolute Gasteiger partial charge is 0.462 e. The number of esters is 2. The maximum atomic E-state index is 13.3. The molecule has 0 saturated carbocycles. The molecule has 3 aromatic heterocycles. The number of hydrogen-bond donors (Lipinski definition) is 2. The first-order valence-corrected chi connectivity index (χ1v) is 16.5. The van der Waals surface area contributed by atoms with Gasteiger partial charge in [-0.1, -0.05) is 13.8 Å². The molecule has 41 heavy (non-hydrogen) atoms. The highest BCUT2D eigenvalue weighted by molar-refractivity contribution is 7.18. The Bertz CT molecular complexity index is 1390. The fourth-order valence-corrected chi connectivity index (χ4v) is 9.01. The summed E-state index contributed by atoms with van der Waals surface area (Å²) in [4.78, 5) is 55.1. The molecular formula is C30H34N2O6S3. The van der Waals surface area contributed by atoms with Gasteiger partial charge in [0, 0.05) is 9.75 Å². The van der Waals surface area contributed by atoms with E-state index in [0.29, 0.717) is 42.7 Å². The van der Waals surface area contributed by atoms with Crippen LogP contribution in [0, 0.1) is 11.8 Å². The summed E-state index contributed by atoms with van der Waals surface area (Å²) < 4.78 is 10.6. The minimum atomic E-state index is -0.424. The first-order chi connectivity index (χ1) is 19.7. The molecule has 0 radical (unpaired) electrons. The van der Waals surface area contributed by atoms with Crippen LogP contribution in [0.15, 0.2) is 12.1 Å². The lowest BCUT2D eigenvalue weighted by Crippen LogP contribution is -2.16. The minimum absolute atomic E-state index is 0.251. The third-order valence-corrected chi connectivity index (χ3v) is 10.9. The van der Waals surface area contributed by atoms with E-state index in [4.69, 9.17) is 9.47 Å². The van der Waals surface area contributed by atoms with Crippen LogP contribution in [0.3, 0.4) is 0 Å². The van der Waals surface area contributed by atoms with Crippen LogP contribution in [0.5, 0.6) is 0 Å². The molecule has 0 saturated heterocycles. The number of hydrogen-bond acceptors (Lipinski definition) is 9. The zero-order valence-corrected chi connectivity index (χ0v) is 26.1. The van der Waals surface area contributed by atoms with Crippen LogP contribution in [0.1, 0.15) is 101 Å². The van der Waals surface area contributed by atoms with Crippen LogP contribution in [0.4, 0.5) is 10.0 Å². The number of amides is 2. The Kier molecular flexibility index (Phi) is 8.96. The number of carbonyl (C=O) groups excluding carboxylic acids is 4. The SMILES string of the molecule is CCOC(=O)c1c(NC(=O)c2ccc(C(=O)Nc3sc4c(c3C(=O)OCC)CCC(C)C4)s2)sc2c1CCC(C)C2.